The van der Waals surface area contributed by atoms with Gasteiger partial charge in [0.2, 0.25) is 11.8 Å². The smallest absolute Gasteiger partial charge is 0.237 e. The highest BCUT2D eigenvalue weighted by atomic mass is 32.1. The lowest BCUT2D eigenvalue weighted by molar-refractivity contribution is -0.121. The van der Waals surface area contributed by atoms with Crippen molar-refractivity contribution in [2.24, 2.45) is 11.5 Å². The highest BCUT2D eigenvalue weighted by molar-refractivity contribution is 7.80. The van der Waals surface area contributed by atoms with Gasteiger partial charge in [-0.25, -0.2) is 0 Å². The second kappa shape index (κ2) is 11.7. The fourth-order valence-electron chi connectivity index (χ4n) is 0.393. The van der Waals surface area contributed by atoms with Crippen molar-refractivity contribution in [1.29, 1.82) is 0 Å². The van der Waals surface area contributed by atoms with Gasteiger partial charge in [0.15, 0.2) is 0 Å². The summed E-state index contributed by atoms with van der Waals surface area (Å²) in [6.45, 7) is 2.28. The van der Waals surface area contributed by atoms with Crippen molar-refractivity contribution in [3.8, 4) is 0 Å². The summed E-state index contributed by atoms with van der Waals surface area (Å²) in [5.41, 5.74) is 10.00. The maximum absolute atomic E-state index is 10.8. The zero-order chi connectivity index (χ0) is 12.3. The normalized spacial score (nSPS) is 10.9. The molecule has 15 heavy (non-hydrogen) atoms. The Balaban J connectivity index is 0. The zero-order valence-electron chi connectivity index (χ0n) is 8.77. The number of nitrogens with one attached hydrogen (secondary N) is 1. The van der Waals surface area contributed by atoms with Crippen LogP contribution in [0.1, 0.15) is 13.3 Å². The molecule has 0 aliphatic heterocycles. The van der Waals surface area contributed by atoms with E-state index in [2.05, 4.69) is 36.3 Å². The number of hydrogen-bond acceptors (Lipinski definition) is 5. The third-order valence-electron chi connectivity index (χ3n) is 1.29. The molecule has 2 amide bonds. The second-order valence-corrected chi connectivity index (χ2v) is 3.44. The van der Waals surface area contributed by atoms with E-state index in [-0.39, 0.29) is 11.8 Å². The van der Waals surface area contributed by atoms with Gasteiger partial charge in [-0.05, 0) is 0 Å². The number of carbonyl (C=O) groups is 2. The Kier molecular flexibility index (Phi) is 13.2. The number of thiol groups is 2. The standard InChI is InChI=1S/C5H12N2OS2.C3H7NO/c6-4(3-10)5(8)7-1-2-9;1-2-3(4)5/h4,9-10H,1-3,6H2,(H,7,8);2H2,1H3,(H2,4,5). The lowest BCUT2D eigenvalue weighted by Crippen LogP contribution is -2.42. The molecular formula is C8H19N3O2S2. The summed E-state index contributed by atoms with van der Waals surface area (Å²) in [6, 6.07) is -0.497. The molecule has 0 aliphatic carbocycles. The summed E-state index contributed by atoms with van der Waals surface area (Å²) in [4.78, 5) is 20.4. The first-order valence-corrected chi connectivity index (χ1v) is 5.79. The summed E-state index contributed by atoms with van der Waals surface area (Å²) in [5.74, 6) is 0.595. The van der Waals surface area contributed by atoms with Gasteiger partial charge in [0.1, 0.15) is 0 Å². The van der Waals surface area contributed by atoms with Crippen LogP contribution in [0, 0.1) is 0 Å². The van der Waals surface area contributed by atoms with E-state index >= 15 is 0 Å². The molecule has 0 bridgehead atoms. The van der Waals surface area contributed by atoms with Gasteiger partial charge in [-0.3, -0.25) is 9.59 Å². The Hall–Kier alpha value is -0.400. The van der Waals surface area contributed by atoms with Crippen LogP contribution in [0.5, 0.6) is 0 Å². The fourth-order valence-corrected chi connectivity index (χ4v) is 0.671. The maximum Gasteiger partial charge on any atom is 0.237 e. The highest BCUT2D eigenvalue weighted by Crippen LogP contribution is 1.82. The first-order valence-electron chi connectivity index (χ1n) is 4.52. The summed E-state index contributed by atoms with van der Waals surface area (Å²) < 4.78 is 0. The highest BCUT2D eigenvalue weighted by Gasteiger charge is 2.08. The molecule has 1 atom stereocenters. The largest absolute Gasteiger partial charge is 0.370 e. The van der Waals surface area contributed by atoms with Crippen LogP contribution in [0.3, 0.4) is 0 Å². The molecular weight excluding hydrogens is 234 g/mol. The minimum atomic E-state index is -0.497. The van der Waals surface area contributed by atoms with E-state index in [1.165, 1.54) is 0 Å². The third-order valence-corrected chi connectivity index (χ3v) is 1.91. The lowest BCUT2D eigenvalue weighted by atomic mass is 10.3. The molecule has 5 nitrogen and oxygen atoms in total. The topological polar surface area (TPSA) is 98.2 Å². The van der Waals surface area contributed by atoms with Gasteiger partial charge in [-0.2, -0.15) is 25.3 Å². The molecule has 0 aromatic heterocycles. The molecule has 0 saturated heterocycles. The zero-order valence-corrected chi connectivity index (χ0v) is 10.6. The van der Waals surface area contributed by atoms with Gasteiger partial charge in [0.25, 0.3) is 0 Å². The summed E-state index contributed by atoms with van der Waals surface area (Å²) in [7, 11) is 0. The summed E-state index contributed by atoms with van der Waals surface area (Å²) in [5, 5.41) is 2.59. The quantitative estimate of drug-likeness (QED) is 0.414. The molecule has 0 saturated carbocycles. The fraction of sp³-hybridized carbons (Fsp3) is 0.750. The maximum atomic E-state index is 10.8. The lowest BCUT2D eigenvalue weighted by Gasteiger charge is -2.07. The van der Waals surface area contributed by atoms with Gasteiger partial charge in [-0.15, -0.1) is 0 Å². The molecule has 0 aromatic rings. The van der Waals surface area contributed by atoms with Crippen LogP contribution in [0.4, 0.5) is 0 Å². The Morgan fingerprint density at radius 3 is 2.13 bits per heavy atom. The third kappa shape index (κ3) is 13.6. The SMILES string of the molecule is CCC(N)=O.NC(CS)C(=O)NCCS. The van der Waals surface area contributed by atoms with Gasteiger partial charge < -0.3 is 16.8 Å². The predicted molar refractivity (Wildman–Crippen MR) is 68.2 cm³/mol. The molecule has 5 N–H and O–H groups in total. The van der Waals surface area contributed by atoms with E-state index < -0.39 is 6.04 Å². The van der Waals surface area contributed by atoms with Crippen molar-refractivity contribution in [1.82, 2.24) is 5.32 Å². The average Bonchev–Trinajstić information content (AvgIpc) is 2.25. The molecule has 1 unspecified atom stereocenters. The molecule has 0 radical (unpaired) electrons. The van der Waals surface area contributed by atoms with Gasteiger partial charge in [-0.1, -0.05) is 6.92 Å². The van der Waals surface area contributed by atoms with Crippen LogP contribution >= 0.6 is 25.3 Å². The van der Waals surface area contributed by atoms with E-state index in [4.69, 9.17) is 5.73 Å². The van der Waals surface area contributed by atoms with Gasteiger partial charge >= 0.3 is 0 Å². The average molecular weight is 253 g/mol. The first-order chi connectivity index (χ1) is 6.99. The van der Waals surface area contributed by atoms with Crippen molar-refractivity contribution < 1.29 is 9.59 Å². The van der Waals surface area contributed by atoms with Crippen LogP contribution in [-0.4, -0.2) is 35.9 Å². The molecule has 0 fully saturated rings. The van der Waals surface area contributed by atoms with Crippen LogP contribution in [0.25, 0.3) is 0 Å². The van der Waals surface area contributed by atoms with Gasteiger partial charge in [0.05, 0.1) is 6.04 Å². The van der Waals surface area contributed by atoms with Gasteiger partial charge in [0, 0.05) is 24.5 Å². The number of carbonyl (C=O) groups excluding carboxylic acids is 2. The molecule has 7 heteroatoms. The van der Waals surface area contributed by atoms with Crippen molar-refractivity contribution in [2.45, 2.75) is 19.4 Å². The Labute approximate surface area is 101 Å². The number of amides is 2. The summed E-state index contributed by atoms with van der Waals surface area (Å²) in [6.07, 6.45) is 0.444. The first kappa shape index (κ1) is 17.0. The van der Waals surface area contributed by atoms with Crippen LogP contribution in [0.15, 0.2) is 0 Å². The molecule has 0 aromatic carbocycles. The monoisotopic (exact) mass is 253 g/mol. The molecule has 0 spiro atoms. The van der Waals surface area contributed by atoms with Crippen molar-refractivity contribution in [2.75, 3.05) is 18.1 Å². The van der Waals surface area contributed by atoms with E-state index in [9.17, 15) is 9.59 Å². The van der Waals surface area contributed by atoms with E-state index in [0.717, 1.165) is 0 Å². The number of hydrogen-bond donors (Lipinski definition) is 5. The Morgan fingerprint density at radius 1 is 1.40 bits per heavy atom. The van der Waals surface area contributed by atoms with E-state index in [1.54, 1.807) is 6.92 Å². The number of rotatable bonds is 5. The van der Waals surface area contributed by atoms with Crippen molar-refractivity contribution >= 4 is 37.1 Å². The minimum Gasteiger partial charge on any atom is -0.370 e. The molecule has 0 heterocycles. The van der Waals surface area contributed by atoms with Crippen LogP contribution < -0.4 is 16.8 Å². The Morgan fingerprint density at radius 2 is 1.87 bits per heavy atom. The van der Waals surface area contributed by atoms with E-state index in [1.807, 2.05) is 0 Å². The minimum absolute atomic E-state index is 0.163. The van der Waals surface area contributed by atoms with Crippen molar-refractivity contribution in [3.63, 3.8) is 0 Å². The van der Waals surface area contributed by atoms with E-state index in [0.29, 0.717) is 24.5 Å². The molecule has 0 rings (SSSR count). The second-order valence-electron chi connectivity index (χ2n) is 2.62. The predicted octanol–water partition coefficient (Wildman–Crippen LogP) is -0.829. The Bertz CT molecular complexity index is 191. The van der Waals surface area contributed by atoms with Crippen LogP contribution in [0.2, 0.25) is 0 Å². The number of primary amides is 1. The van der Waals surface area contributed by atoms with Crippen molar-refractivity contribution in [3.05, 3.63) is 0 Å². The summed E-state index contributed by atoms with van der Waals surface area (Å²) >= 11 is 7.79. The molecule has 90 valence electrons. The molecule has 0 aliphatic rings. The van der Waals surface area contributed by atoms with Crippen LogP contribution in [-0.2, 0) is 9.59 Å². The number of nitrogens with two attached hydrogens (primary N) is 2.